The molecular formula is C16H31IN4S. The van der Waals surface area contributed by atoms with Crippen LogP contribution >= 0.6 is 35.3 Å². The van der Waals surface area contributed by atoms with Gasteiger partial charge >= 0.3 is 0 Å². The van der Waals surface area contributed by atoms with E-state index in [0.717, 1.165) is 38.6 Å². The second kappa shape index (κ2) is 11.2. The standard InChI is InChI=1S/C16H30N4S.HI/c1-6-17-15(18-10-11-19-16(2,3)4)20(5)12-9-14-8-7-13-21-14;/h7-8,13,19H,6,9-12H2,1-5H3,(H,17,18);1H. The molecule has 0 aromatic carbocycles. The van der Waals surface area contributed by atoms with E-state index in [1.807, 2.05) is 11.3 Å². The average Bonchev–Trinajstić information content (AvgIpc) is 2.91. The van der Waals surface area contributed by atoms with Crippen LogP contribution < -0.4 is 10.6 Å². The number of halogens is 1. The average molecular weight is 438 g/mol. The van der Waals surface area contributed by atoms with E-state index in [1.54, 1.807) is 0 Å². The van der Waals surface area contributed by atoms with Crippen molar-refractivity contribution >= 4 is 41.3 Å². The van der Waals surface area contributed by atoms with Crippen molar-refractivity contribution < 1.29 is 0 Å². The van der Waals surface area contributed by atoms with Gasteiger partial charge in [-0.05, 0) is 45.6 Å². The summed E-state index contributed by atoms with van der Waals surface area (Å²) < 4.78 is 0. The number of guanidine groups is 1. The zero-order chi connectivity index (χ0) is 15.7. The van der Waals surface area contributed by atoms with Gasteiger partial charge < -0.3 is 15.5 Å². The van der Waals surface area contributed by atoms with Crippen LogP contribution in [0.2, 0.25) is 0 Å². The van der Waals surface area contributed by atoms with E-state index in [1.165, 1.54) is 4.88 Å². The second-order valence-corrected chi connectivity index (χ2v) is 7.20. The lowest BCUT2D eigenvalue weighted by atomic mass is 10.1. The van der Waals surface area contributed by atoms with Crippen molar-refractivity contribution in [2.24, 2.45) is 4.99 Å². The van der Waals surface area contributed by atoms with Gasteiger partial charge in [0.05, 0.1) is 6.54 Å². The van der Waals surface area contributed by atoms with Crippen LogP contribution in [0.4, 0.5) is 0 Å². The molecule has 4 nitrogen and oxygen atoms in total. The van der Waals surface area contributed by atoms with Crippen molar-refractivity contribution in [3.8, 4) is 0 Å². The highest BCUT2D eigenvalue weighted by atomic mass is 127. The number of rotatable bonds is 7. The summed E-state index contributed by atoms with van der Waals surface area (Å²) in [6, 6.07) is 4.30. The van der Waals surface area contributed by atoms with Crippen LogP contribution in [0.3, 0.4) is 0 Å². The minimum atomic E-state index is 0. The fraction of sp³-hybridized carbons (Fsp3) is 0.688. The molecule has 0 aliphatic rings. The van der Waals surface area contributed by atoms with E-state index < -0.39 is 0 Å². The molecule has 0 radical (unpaired) electrons. The Labute approximate surface area is 156 Å². The number of nitrogens with zero attached hydrogens (tertiary/aromatic N) is 2. The van der Waals surface area contributed by atoms with Gasteiger partial charge in [0.2, 0.25) is 0 Å². The minimum absolute atomic E-state index is 0. The molecule has 0 spiro atoms. The first-order valence-corrected chi connectivity index (χ1v) is 8.57. The summed E-state index contributed by atoms with van der Waals surface area (Å²) >= 11 is 1.82. The summed E-state index contributed by atoms with van der Waals surface area (Å²) in [5.41, 5.74) is 0.152. The Hall–Kier alpha value is -0.340. The van der Waals surface area contributed by atoms with E-state index in [4.69, 9.17) is 0 Å². The molecule has 1 heterocycles. The van der Waals surface area contributed by atoms with Crippen LogP contribution in [-0.2, 0) is 6.42 Å². The quantitative estimate of drug-likeness (QED) is 0.297. The van der Waals surface area contributed by atoms with Gasteiger partial charge in [-0.2, -0.15) is 0 Å². The van der Waals surface area contributed by atoms with Gasteiger partial charge in [-0.1, -0.05) is 6.07 Å². The molecule has 0 unspecified atom stereocenters. The number of nitrogens with one attached hydrogen (secondary N) is 2. The van der Waals surface area contributed by atoms with Gasteiger partial charge in [0.15, 0.2) is 5.96 Å². The SMILES string of the molecule is CCNC(=NCCNC(C)(C)C)N(C)CCc1cccs1.I. The summed E-state index contributed by atoms with van der Waals surface area (Å²) in [5.74, 6) is 0.991. The maximum atomic E-state index is 4.69. The normalized spacial score (nSPS) is 12.0. The smallest absolute Gasteiger partial charge is 0.193 e. The molecule has 0 saturated heterocycles. The number of aliphatic imine (C=N–C) groups is 1. The lowest BCUT2D eigenvalue weighted by Gasteiger charge is -2.23. The number of hydrogen-bond acceptors (Lipinski definition) is 3. The lowest BCUT2D eigenvalue weighted by molar-refractivity contribution is 0.430. The van der Waals surface area contributed by atoms with E-state index in [0.29, 0.717) is 0 Å². The molecule has 6 heteroatoms. The first-order valence-electron chi connectivity index (χ1n) is 7.69. The van der Waals surface area contributed by atoms with E-state index >= 15 is 0 Å². The fourth-order valence-corrected chi connectivity index (χ4v) is 2.60. The van der Waals surface area contributed by atoms with Crippen LogP contribution in [0.15, 0.2) is 22.5 Å². The first-order chi connectivity index (χ1) is 9.92. The summed E-state index contributed by atoms with van der Waals surface area (Å²) in [6.07, 6.45) is 1.07. The second-order valence-electron chi connectivity index (χ2n) is 6.16. The predicted octanol–water partition coefficient (Wildman–Crippen LogP) is 3.19. The molecule has 0 saturated carbocycles. The number of hydrogen-bond donors (Lipinski definition) is 2. The van der Waals surface area contributed by atoms with Crippen molar-refractivity contribution in [1.29, 1.82) is 0 Å². The van der Waals surface area contributed by atoms with Crippen LogP contribution in [0.1, 0.15) is 32.6 Å². The molecule has 1 rings (SSSR count). The maximum absolute atomic E-state index is 4.69. The third-order valence-electron chi connectivity index (χ3n) is 3.00. The third kappa shape index (κ3) is 9.63. The monoisotopic (exact) mass is 438 g/mol. The Morgan fingerprint density at radius 1 is 1.36 bits per heavy atom. The Balaban J connectivity index is 0.00000441. The molecule has 1 aromatic heterocycles. The number of likely N-dealkylation sites (N-methyl/N-ethyl adjacent to an activating group) is 1. The zero-order valence-corrected chi connectivity index (χ0v) is 17.6. The van der Waals surface area contributed by atoms with Crippen molar-refractivity contribution in [3.63, 3.8) is 0 Å². The molecule has 1 aromatic rings. The van der Waals surface area contributed by atoms with Crippen LogP contribution in [0.5, 0.6) is 0 Å². The summed E-state index contributed by atoms with van der Waals surface area (Å²) in [5, 5.41) is 8.95. The molecular weight excluding hydrogens is 407 g/mol. The van der Waals surface area contributed by atoms with Crippen molar-refractivity contribution in [2.45, 2.75) is 39.7 Å². The molecule has 0 bridgehead atoms. The number of thiophene rings is 1. The maximum Gasteiger partial charge on any atom is 0.193 e. The van der Waals surface area contributed by atoms with E-state index in [9.17, 15) is 0 Å². The van der Waals surface area contributed by atoms with Crippen molar-refractivity contribution in [1.82, 2.24) is 15.5 Å². The molecule has 2 N–H and O–H groups in total. The highest BCUT2D eigenvalue weighted by molar-refractivity contribution is 14.0. The van der Waals surface area contributed by atoms with E-state index in [-0.39, 0.29) is 29.5 Å². The van der Waals surface area contributed by atoms with Gasteiger partial charge in [0.1, 0.15) is 0 Å². The topological polar surface area (TPSA) is 39.7 Å². The van der Waals surface area contributed by atoms with Gasteiger partial charge in [-0.3, -0.25) is 4.99 Å². The van der Waals surface area contributed by atoms with Gasteiger partial charge in [-0.15, -0.1) is 35.3 Å². The predicted molar refractivity (Wildman–Crippen MR) is 110 cm³/mol. The molecule has 0 aliphatic carbocycles. The van der Waals surface area contributed by atoms with Gasteiger partial charge in [-0.25, -0.2) is 0 Å². The lowest BCUT2D eigenvalue weighted by Crippen LogP contribution is -2.41. The fourth-order valence-electron chi connectivity index (χ4n) is 1.90. The Morgan fingerprint density at radius 2 is 2.09 bits per heavy atom. The summed E-state index contributed by atoms with van der Waals surface area (Å²) in [4.78, 5) is 8.32. The first kappa shape index (κ1) is 21.7. The minimum Gasteiger partial charge on any atom is -0.357 e. The van der Waals surface area contributed by atoms with Gasteiger partial charge in [0, 0.05) is 37.1 Å². The molecule has 128 valence electrons. The largest absolute Gasteiger partial charge is 0.357 e. The molecule has 0 aliphatic heterocycles. The Morgan fingerprint density at radius 3 is 2.64 bits per heavy atom. The molecule has 0 amide bonds. The highest BCUT2D eigenvalue weighted by Crippen LogP contribution is 2.09. The van der Waals surface area contributed by atoms with Gasteiger partial charge in [0.25, 0.3) is 0 Å². The molecule has 22 heavy (non-hydrogen) atoms. The Bertz CT molecular complexity index is 412. The Kier molecular flexibility index (Phi) is 11.1. The summed E-state index contributed by atoms with van der Waals surface area (Å²) in [6.45, 7) is 12.2. The molecule has 0 atom stereocenters. The zero-order valence-electron chi connectivity index (χ0n) is 14.5. The van der Waals surface area contributed by atoms with Crippen LogP contribution in [-0.4, -0.2) is 49.6 Å². The molecule has 0 fully saturated rings. The summed E-state index contributed by atoms with van der Waals surface area (Å²) in [7, 11) is 2.10. The van der Waals surface area contributed by atoms with E-state index in [2.05, 4.69) is 72.8 Å². The third-order valence-corrected chi connectivity index (χ3v) is 3.94. The highest BCUT2D eigenvalue weighted by Gasteiger charge is 2.08. The van der Waals surface area contributed by atoms with Crippen molar-refractivity contribution in [2.75, 3.05) is 33.2 Å². The van der Waals surface area contributed by atoms with Crippen LogP contribution in [0.25, 0.3) is 0 Å². The van der Waals surface area contributed by atoms with Crippen molar-refractivity contribution in [3.05, 3.63) is 22.4 Å². The van der Waals surface area contributed by atoms with Crippen LogP contribution in [0, 0.1) is 0 Å².